The summed E-state index contributed by atoms with van der Waals surface area (Å²) in [6.45, 7) is 7.68. The van der Waals surface area contributed by atoms with E-state index in [4.69, 9.17) is 5.26 Å². The van der Waals surface area contributed by atoms with Crippen molar-refractivity contribution in [2.45, 2.75) is 27.3 Å². The summed E-state index contributed by atoms with van der Waals surface area (Å²) in [6.07, 6.45) is 0. The number of hydrogen-bond donors (Lipinski definition) is 2. The van der Waals surface area contributed by atoms with Crippen LogP contribution >= 0.6 is 0 Å². The molecule has 0 aliphatic heterocycles. The minimum atomic E-state index is -0.346. The molecule has 102 valence electrons. The topological polar surface area (TPSA) is 64.9 Å². The van der Waals surface area contributed by atoms with Gasteiger partial charge in [-0.15, -0.1) is 0 Å². The van der Waals surface area contributed by atoms with Gasteiger partial charge in [-0.05, 0) is 17.7 Å². The van der Waals surface area contributed by atoms with Crippen molar-refractivity contribution in [1.82, 2.24) is 10.6 Å². The summed E-state index contributed by atoms with van der Waals surface area (Å²) in [5, 5.41) is 14.9. The van der Waals surface area contributed by atoms with E-state index in [-0.39, 0.29) is 11.3 Å². The molecule has 0 unspecified atom stereocenters. The summed E-state index contributed by atoms with van der Waals surface area (Å²) in [6, 6.07) is 9.61. The highest BCUT2D eigenvalue weighted by Gasteiger charge is 2.19. The highest BCUT2D eigenvalue weighted by molar-refractivity contribution is 5.81. The quantitative estimate of drug-likeness (QED) is 0.793. The fourth-order valence-electron chi connectivity index (χ4n) is 1.51. The van der Waals surface area contributed by atoms with E-state index in [0.29, 0.717) is 25.2 Å². The van der Waals surface area contributed by atoms with E-state index >= 15 is 0 Å². The van der Waals surface area contributed by atoms with Crippen molar-refractivity contribution in [2.24, 2.45) is 5.41 Å². The molecule has 0 saturated heterocycles. The Bertz CT molecular complexity index is 469. The van der Waals surface area contributed by atoms with Gasteiger partial charge in [0.2, 0.25) is 5.91 Å². The van der Waals surface area contributed by atoms with Gasteiger partial charge in [0.1, 0.15) is 0 Å². The van der Waals surface area contributed by atoms with E-state index < -0.39 is 0 Å². The lowest BCUT2D eigenvalue weighted by Gasteiger charge is -2.17. The molecule has 0 radical (unpaired) electrons. The molecule has 19 heavy (non-hydrogen) atoms. The SMILES string of the molecule is CC(C)(C)C(=O)NCCNCc1cccc(C#N)c1. The van der Waals surface area contributed by atoms with E-state index in [9.17, 15) is 4.79 Å². The molecule has 0 saturated carbocycles. The molecular formula is C15H21N3O. The van der Waals surface area contributed by atoms with Gasteiger partial charge in [-0.25, -0.2) is 0 Å². The number of hydrogen-bond acceptors (Lipinski definition) is 3. The zero-order valence-electron chi connectivity index (χ0n) is 11.8. The predicted octanol–water partition coefficient (Wildman–Crippen LogP) is 1.81. The van der Waals surface area contributed by atoms with Crippen LogP contribution in [0.4, 0.5) is 0 Å². The number of benzene rings is 1. The molecule has 4 heteroatoms. The summed E-state index contributed by atoms with van der Waals surface area (Å²) in [4.78, 5) is 11.6. The smallest absolute Gasteiger partial charge is 0.225 e. The maximum absolute atomic E-state index is 11.6. The van der Waals surface area contributed by atoms with Gasteiger partial charge in [-0.2, -0.15) is 5.26 Å². The highest BCUT2D eigenvalue weighted by Crippen LogP contribution is 2.11. The third-order valence-corrected chi connectivity index (χ3v) is 2.65. The van der Waals surface area contributed by atoms with Crippen LogP contribution in [0, 0.1) is 16.7 Å². The first-order chi connectivity index (χ1) is 8.93. The van der Waals surface area contributed by atoms with Crippen molar-refractivity contribution in [3.05, 3.63) is 35.4 Å². The van der Waals surface area contributed by atoms with Crippen LogP contribution in [-0.4, -0.2) is 19.0 Å². The molecule has 2 N–H and O–H groups in total. The van der Waals surface area contributed by atoms with E-state index in [0.717, 1.165) is 5.56 Å². The number of carbonyl (C=O) groups is 1. The standard InChI is InChI=1S/C15H21N3O/c1-15(2,3)14(19)18-8-7-17-11-13-6-4-5-12(9-13)10-16/h4-6,9,17H,7-8,11H2,1-3H3,(H,18,19). The summed E-state index contributed by atoms with van der Waals surface area (Å²) >= 11 is 0. The van der Waals surface area contributed by atoms with Crippen molar-refractivity contribution >= 4 is 5.91 Å². The molecule has 0 spiro atoms. The Balaban J connectivity index is 2.25. The second-order valence-electron chi connectivity index (χ2n) is 5.49. The molecule has 0 heterocycles. The van der Waals surface area contributed by atoms with Crippen LogP contribution in [0.5, 0.6) is 0 Å². The molecule has 0 aromatic heterocycles. The predicted molar refractivity (Wildman–Crippen MR) is 75.3 cm³/mol. The van der Waals surface area contributed by atoms with Crippen molar-refractivity contribution in [1.29, 1.82) is 5.26 Å². The molecule has 1 rings (SSSR count). The van der Waals surface area contributed by atoms with Crippen LogP contribution in [0.25, 0.3) is 0 Å². The fraction of sp³-hybridized carbons (Fsp3) is 0.467. The summed E-state index contributed by atoms with van der Waals surface area (Å²) in [7, 11) is 0. The molecule has 1 amide bonds. The average molecular weight is 259 g/mol. The number of nitrogens with one attached hydrogen (secondary N) is 2. The van der Waals surface area contributed by atoms with Crippen LogP contribution in [-0.2, 0) is 11.3 Å². The lowest BCUT2D eigenvalue weighted by atomic mass is 9.96. The van der Waals surface area contributed by atoms with Crippen molar-refractivity contribution in [2.75, 3.05) is 13.1 Å². The van der Waals surface area contributed by atoms with Crippen LogP contribution in [0.15, 0.2) is 24.3 Å². The van der Waals surface area contributed by atoms with Gasteiger partial charge in [0.05, 0.1) is 11.6 Å². The third kappa shape index (κ3) is 5.54. The molecule has 0 atom stereocenters. The maximum atomic E-state index is 11.6. The van der Waals surface area contributed by atoms with E-state index in [1.807, 2.05) is 39.0 Å². The highest BCUT2D eigenvalue weighted by atomic mass is 16.2. The minimum absolute atomic E-state index is 0.0563. The zero-order chi connectivity index (χ0) is 14.3. The molecular weight excluding hydrogens is 238 g/mol. The molecule has 0 aliphatic carbocycles. The van der Waals surface area contributed by atoms with E-state index in [1.54, 1.807) is 6.07 Å². The number of amides is 1. The van der Waals surface area contributed by atoms with Crippen molar-refractivity contribution < 1.29 is 4.79 Å². The zero-order valence-corrected chi connectivity index (χ0v) is 11.8. The first kappa shape index (κ1) is 15.2. The Labute approximate surface area is 114 Å². The lowest BCUT2D eigenvalue weighted by molar-refractivity contribution is -0.128. The lowest BCUT2D eigenvalue weighted by Crippen LogP contribution is -2.38. The molecule has 0 bridgehead atoms. The van der Waals surface area contributed by atoms with Gasteiger partial charge in [0.15, 0.2) is 0 Å². The van der Waals surface area contributed by atoms with Gasteiger partial charge in [0.25, 0.3) is 0 Å². The minimum Gasteiger partial charge on any atom is -0.354 e. The van der Waals surface area contributed by atoms with Crippen molar-refractivity contribution in [3.8, 4) is 6.07 Å². The number of nitrogens with zero attached hydrogens (tertiary/aromatic N) is 1. The number of nitriles is 1. The van der Waals surface area contributed by atoms with E-state index in [1.165, 1.54) is 0 Å². The van der Waals surface area contributed by atoms with E-state index in [2.05, 4.69) is 16.7 Å². The van der Waals surface area contributed by atoms with Gasteiger partial charge < -0.3 is 10.6 Å². The fourth-order valence-corrected chi connectivity index (χ4v) is 1.51. The molecule has 4 nitrogen and oxygen atoms in total. The normalized spacial score (nSPS) is 10.8. The largest absolute Gasteiger partial charge is 0.354 e. The second-order valence-corrected chi connectivity index (χ2v) is 5.49. The molecule has 0 aliphatic rings. The number of carbonyl (C=O) groups excluding carboxylic acids is 1. The van der Waals surface area contributed by atoms with Gasteiger partial charge in [-0.3, -0.25) is 4.79 Å². The third-order valence-electron chi connectivity index (χ3n) is 2.65. The first-order valence-corrected chi connectivity index (χ1v) is 6.41. The Morgan fingerprint density at radius 1 is 1.32 bits per heavy atom. The van der Waals surface area contributed by atoms with Gasteiger partial charge >= 0.3 is 0 Å². The summed E-state index contributed by atoms with van der Waals surface area (Å²) in [5.74, 6) is 0.0563. The van der Waals surface area contributed by atoms with Crippen LogP contribution in [0.2, 0.25) is 0 Å². The Morgan fingerprint density at radius 3 is 2.68 bits per heavy atom. The van der Waals surface area contributed by atoms with Crippen LogP contribution in [0.3, 0.4) is 0 Å². The van der Waals surface area contributed by atoms with Crippen LogP contribution < -0.4 is 10.6 Å². The Morgan fingerprint density at radius 2 is 2.05 bits per heavy atom. The molecule has 1 aromatic carbocycles. The molecule has 1 aromatic rings. The van der Waals surface area contributed by atoms with Crippen LogP contribution in [0.1, 0.15) is 31.9 Å². The summed E-state index contributed by atoms with van der Waals surface area (Å²) in [5.41, 5.74) is 1.39. The first-order valence-electron chi connectivity index (χ1n) is 6.41. The van der Waals surface area contributed by atoms with Gasteiger partial charge in [-0.1, -0.05) is 32.9 Å². The van der Waals surface area contributed by atoms with Gasteiger partial charge in [0, 0.05) is 25.0 Å². The van der Waals surface area contributed by atoms with Crippen molar-refractivity contribution in [3.63, 3.8) is 0 Å². The molecule has 0 fully saturated rings. The summed E-state index contributed by atoms with van der Waals surface area (Å²) < 4.78 is 0. The Hall–Kier alpha value is -1.86. The Kier molecular flexibility index (Phi) is 5.53. The monoisotopic (exact) mass is 259 g/mol. The number of rotatable bonds is 5. The maximum Gasteiger partial charge on any atom is 0.225 e. The average Bonchev–Trinajstić information content (AvgIpc) is 2.37. The second kappa shape index (κ2) is 6.91.